The summed E-state index contributed by atoms with van der Waals surface area (Å²) in [4.78, 5) is 30.7. The van der Waals surface area contributed by atoms with E-state index < -0.39 is 5.97 Å². The van der Waals surface area contributed by atoms with Gasteiger partial charge in [-0.05, 0) is 76.6 Å². The lowest BCUT2D eigenvalue weighted by atomic mass is 10.2. The summed E-state index contributed by atoms with van der Waals surface area (Å²) in [6.07, 6.45) is 7.00. The average Bonchev–Trinajstić information content (AvgIpc) is 3.06. The summed E-state index contributed by atoms with van der Waals surface area (Å²) in [5.74, 6) is 2.14. The second kappa shape index (κ2) is 10.4. The van der Waals surface area contributed by atoms with Gasteiger partial charge in [-0.2, -0.15) is 0 Å². The van der Waals surface area contributed by atoms with Crippen LogP contribution in [0.4, 0.5) is 5.69 Å². The number of hydrogen-bond acceptors (Lipinski definition) is 6. The number of hydrogen-bond donors (Lipinski definition) is 1. The van der Waals surface area contributed by atoms with E-state index >= 15 is 0 Å². The number of amides is 1. The highest BCUT2D eigenvalue weighted by Gasteiger charge is 2.32. The minimum atomic E-state index is -1.04. The lowest BCUT2D eigenvalue weighted by molar-refractivity contribution is -0.122. The van der Waals surface area contributed by atoms with E-state index in [0.717, 1.165) is 5.56 Å². The first-order chi connectivity index (χ1) is 15.4. The van der Waals surface area contributed by atoms with Gasteiger partial charge in [0, 0.05) is 6.54 Å². The first-order valence-corrected chi connectivity index (χ1v) is 11.1. The number of rotatable bonds is 7. The minimum absolute atomic E-state index is 0.0953. The molecule has 7 nitrogen and oxygen atoms in total. The number of carboxylic acid groups (broad SMARTS) is 1. The number of benzene rings is 2. The van der Waals surface area contributed by atoms with Gasteiger partial charge in [0.25, 0.3) is 5.91 Å². The summed E-state index contributed by atoms with van der Waals surface area (Å²) in [5, 5.41) is 9.67. The number of aromatic carboxylic acids is 1. The van der Waals surface area contributed by atoms with E-state index in [4.69, 9.17) is 15.9 Å². The molecule has 32 heavy (non-hydrogen) atoms. The molecule has 164 valence electrons. The minimum Gasteiger partial charge on any atom is -0.493 e. The van der Waals surface area contributed by atoms with Crippen LogP contribution in [0.3, 0.4) is 0 Å². The van der Waals surface area contributed by atoms with E-state index in [1.54, 1.807) is 35.2 Å². The SMILES string of the molecule is C#CCOc1c(Br)cc(/C=C2\SC(=Nc3cccc(C(=O)O)c3)N(CC)C2=O)cc1OC. The van der Waals surface area contributed by atoms with Crippen LogP contribution in [-0.2, 0) is 4.79 Å². The summed E-state index contributed by atoms with van der Waals surface area (Å²) < 4.78 is 11.6. The van der Waals surface area contributed by atoms with Crippen LogP contribution < -0.4 is 9.47 Å². The van der Waals surface area contributed by atoms with Gasteiger partial charge in [-0.25, -0.2) is 9.79 Å². The molecular formula is C23H19BrN2O5S. The maximum atomic E-state index is 12.9. The molecule has 0 unspecified atom stereocenters. The van der Waals surface area contributed by atoms with Crippen molar-refractivity contribution in [3.8, 4) is 23.8 Å². The Bertz CT molecular complexity index is 1170. The number of ether oxygens (including phenoxy) is 2. The molecule has 1 aliphatic heterocycles. The van der Waals surface area contributed by atoms with Gasteiger partial charge < -0.3 is 14.6 Å². The third kappa shape index (κ3) is 5.15. The molecule has 2 aromatic rings. The van der Waals surface area contributed by atoms with Gasteiger partial charge in [0.2, 0.25) is 0 Å². The highest BCUT2D eigenvalue weighted by Crippen LogP contribution is 2.39. The van der Waals surface area contributed by atoms with E-state index in [9.17, 15) is 14.7 Å². The van der Waals surface area contributed by atoms with E-state index in [1.165, 1.54) is 31.0 Å². The van der Waals surface area contributed by atoms with Crippen LogP contribution in [0.1, 0.15) is 22.8 Å². The second-order valence-electron chi connectivity index (χ2n) is 6.44. The van der Waals surface area contributed by atoms with Crippen molar-refractivity contribution < 1.29 is 24.2 Å². The molecule has 0 aromatic heterocycles. The van der Waals surface area contributed by atoms with Crippen LogP contribution in [0, 0.1) is 12.3 Å². The molecule has 0 saturated carbocycles. The fraction of sp³-hybridized carbons (Fsp3) is 0.174. The smallest absolute Gasteiger partial charge is 0.335 e. The van der Waals surface area contributed by atoms with Crippen LogP contribution in [0.2, 0.25) is 0 Å². The van der Waals surface area contributed by atoms with E-state index in [1.807, 2.05) is 6.92 Å². The van der Waals surface area contributed by atoms with Crippen molar-refractivity contribution in [3.63, 3.8) is 0 Å². The maximum Gasteiger partial charge on any atom is 0.335 e. The van der Waals surface area contributed by atoms with Gasteiger partial charge >= 0.3 is 5.97 Å². The van der Waals surface area contributed by atoms with Crippen molar-refractivity contribution in [2.24, 2.45) is 4.99 Å². The van der Waals surface area contributed by atoms with Crippen LogP contribution in [-0.4, -0.2) is 47.3 Å². The molecule has 0 aliphatic carbocycles. The molecule has 0 bridgehead atoms. The number of likely N-dealkylation sites (N-methyl/N-ethyl adjacent to an activating group) is 1. The Kier molecular flexibility index (Phi) is 7.62. The Labute approximate surface area is 198 Å². The highest BCUT2D eigenvalue weighted by molar-refractivity contribution is 9.10. The zero-order chi connectivity index (χ0) is 23.3. The van der Waals surface area contributed by atoms with Gasteiger partial charge in [0.15, 0.2) is 16.7 Å². The Morgan fingerprint density at radius 3 is 2.81 bits per heavy atom. The topological polar surface area (TPSA) is 88.4 Å². The number of terminal acetylenes is 1. The molecule has 0 spiro atoms. The fourth-order valence-corrected chi connectivity index (χ4v) is 4.55. The number of halogens is 1. The molecule has 1 fully saturated rings. The number of nitrogens with zero attached hydrogens (tertiary/aromatic N) is 2. The van der Waals surface area contributed by atoms with Crippen molar-refractivity contribution in [2.45, 2.75) is 6.92 Å². The zero-order valence-corrected chi connectivity index (χ0v) is 19.7. The van der Waals surface area contributed by atoms with E-state index in [0.29, 0.717) is 38.3 Å². The summed E-state index contributed by atoms with van der Waals surface area (Å²) in [7, 11) is 1.52. The Hall–Kier alpha value is -3.22. The number of aliphatic imine (C=N–C) groups is 1. The zero-order valence-electron chi connectivity index (χ0n) is 17.3. The highest BCUT2D eigenvalue weighted by atomic mass is 79.9. The number of amidine groups is 1. The Morgan fingerprint density at radius 1 is 1.38 bits per heavy atom. The number of carboxylic acids is 1. The van der Waals surface area contributed by atoms with Crippen molar-refractivity contribution >= 4 is 56.5 Å². The van der Waals surface area contributed by atoms with Gasteiger partial charge in [0.1, 0.15) is 6.61 Å². The summed E-state index contributed by atoms with van der Waals surface area (Å²) >= 11 is 4.68. The second-order valence-corrected chi connectivity index (χ2v) is 8.30. The molecule has 1 heterocycles. The molecular weight excluding hydrogens is 496 g/mol. The monoisotopic (exact) mass is 514 g/mol. The van der Waals surface area contributed by atoms with Crippen LogP contribution in [0.25, 0.3) is 6.08 Å². The standard InChI is InChI=1S/C23H19BrN2O5S/c1-4-9-31-20-17(24)10-14(11-18(20)30-3)12-19-21(27)26(5-2)23(32-19)25-16-8-6-7-15(13-16)22(28)29/h1,6-8,10-13H,5,9H2,2-3H3,(H,28,29)/b19-12-,25-23?. The molecule has 0 atom stereocenters. The molecule has 2 aromatic carbocycles. The molecule has 0 radical (unpaired) electrons. The Balaban J connectivity index is 1.95. The maximum absolute atomic E-state index is 12.9. The third-order valence-corrected chi connectivity index (χ3v) is 5.97. The first-order valence-electron chi connectivity index (χ1n) is 9.45. The van der Waals surface area contributed by atoms with E-state index in [-0.39, 0.29) is 18.1 Å². The largest absolute Gasteiger partial charge is 0.493 e. The van der Waals surface area contributed by atoms with Crippen molar-refractivity contribution in [2.75, 3.05) is 20.3 Å². The summed E-state index contributed by atoms with van der Waals surface area (Å²) in [6, 6.07) is 9.81. The lowest BCUT2D eigenvalue weighted by Crippen LogP contribution is -2.28. The molecule has 1 N–H and O–H groups in total. The summed E-state index contributed by atoms with van der Waals surface area (Å²) in [5.41, 5.74) is 1.31. The molecule has 1 aliphatic rings. The number of methoxy groups -OCH3 is 1. The predicted octanol–water partition coefficient (Wildman–Crippen LogP) is 4.79. The first kappa shape index (κ1) is 23.4. The average molecular weight is 515 g/mol. The van der Waals surface area contributed by atoms with Crippen molar-refractivity contribution in [3.05, 3.63) is 56.9 Å². The van der Waals surface area contributed by atoms with Crippen LogP contribution in [0.5, 0.6) is 11.5 Å². The number of carbonyl (C=O) groups excluding carboxylic acids is 1. The van der Waals surface area contributed by atoms with Crippen molar-refractivity contribution in [1.29, 1.82) is 0 Å². The normalized spacial score (nSPS) is 15.8. The Morgan fingerprint density at radius 2 is 2.16 bits per heavy atom. The molecule has 1 amide bonds. The molecule has 9 heteroatoms. The van der Waals surface area contributed by atoms with Crippen LogP contribution in [0.15, 0.2) is 50.8 Å². The number of thioether (sulfide) groups is 1. The van der Waals surface area contributed by atoms with Gasteiger partial charge in [0.05, 0.1) is 27.7 Å². The van der Waals surface area contributed by atoms with Gasteiger partial charge in [-0.3, -0.25) is 9.69 Å². The fourth-order valence-electron chi connectivity index (χ4n) is 2.92. The van der Waals surface area contributed by atoms with E-state index in [2.05, 4.69) is 26.8 Å². The molecule has 3 rings (SSSR count). The predicted molar refractivity (Wildman–Crippen MR) is 128 cm³/mol. The summed E-state index contributed by atoms with van der Waals surface area (Å²) in [6.45, 7) is 2.37. The van der Waals surface area contributed by atoms with Crippen LogP contribution >= 0.6 is 27.7 Å². The quantitative estimate of drug-likeness (QED) is 0.422. The van der Waals surface area contributed by atoms with Gasteiger partial charge in [-0.15, -0.1) is 6.42 Å². The molecule has 1 saturated heterocycles. The number of carbonyl (C=O) groups is 2. The van der Waals surface area contributed by atoms with Crippen molar-refractivity contribution in [1.82, 2.24) is 4.90 Å². The third-order valence-electron chi connectivity index (χ3n) is 4.37. The lowest BCUT2D eigenvalue weighted by Gasteiger charge is -2.12. The van der Waals surface area contributed by atoms with Gasteiger partial charge in [-0.1, -0.05) is 12.0 Å².